The SMILES string of the molecule is COc1cc(NC(C(=O)c2c[nH]c3cc(Cl)ccc23)c2ccc(Cl)cc2OCCO)cc(S(C)(=O)=O)c1. The summed E-state index contributed by atoms with van der Waals surface area (Å²) >= 11 is 12.3. The smallest absolute Gasteiger partial charge is 0.191 e. The summed E-state index contributed by atoms with van der Waals surface area (Å²) in [7, 11) is -2.15. The molecule has 0 spiro atoms. The number of nitrogens with one attached hydrogen (secondary N) is 2. The highest BCUT2D eigenvalue weighted by Crippen LogP contribution is 2.36. The largest absolute Gasteiger partial charge is 0.497 e. The van der Waals surface area contributed by atoms with Gasteiger partial charge in [0, 0.05) is 56.3 Å². The Morgan fingerprint density at radius 3 is 2.51 bits per heavy atom. The Kier molecular flexibility index (Phi) is 7.99. The van der Waals surface area contributed by atoms with Crippen molar-refractivity contribution in [2.75, 3.05) is 31.9 Å². The van der Waals surface area contributed by atoms with E-state index in [1.54, 1.807) is 48.7 Å². The molecule has 0 aliphatic heterocycles. The molecule has 1 atom stereocenters. The van der Waals surface area contributed by atoms with E-state index in [1.165, 1.54) is 19.2 Å². The molecule has 1 aromatic heterocycles. The Hall–Kier alpha value is -3.24. The van der Waals surface area contributed by atoms with Crippen LogP contribution in [0.2, 0.25) is 10.0 Å². The highest BCUT2D eigenvalue weighted by atomic mass is 35.5. The summed E-state index contributed by atoms with van der Waals surface area (Å²) in [6, 6.07) is 13.4. The highest BCUT2D eigenvalue weighted by Gasteiger charge is 2.28. The Bertz CT molecular complexity index is 1570. The van der Waals surface area contributed by atoms with Crippen molar-refractivity contribution in [3.8, 4) is 11.5 Å². The van der Waals surface area contributed by atoms with Crippen molar-refractivity contribution in [3.05, 3.63) is 82.0 Å². The summed E-state index contributed by atoms with van der Waals surface area (Å²) in [5, 5.41) is 14.0. The Morgan fingerprint density at radius 1 is 1.08 bits per heavy atom. The maximum absolute atomic E-state index is 14.1. The molecule has 0 aliphatic carbocycles. The van der Waals surface area contributed by atoms with E-state index in [-0.39, 0.29) is 23.9 Å². The molecule has 1 unspecified atom stereocenters. The van der Waals surface area contributed by atoms with Gasteiger partial charge >= 0.3 is 0 Å². The fourth-order valence-corrected chi connectivity index (χ4v) is 4.93. The number of H-pyrrole nitrogens is 1. The van der Waals surface area contributed by atoms with E-state index in [1.807, 2.05) is 0 Å². The van der Waals surface area contributed by atoms with Gasteiger partial charge in [0.1, 0.15) is 24.1 Å². The first-order chi connectivity index (χ1) is 17.6. The predicted octanol–water partition coefficient (Wildman–Crippen LogP) is 5.29. The number of anilines is 1. The summed E-state index contributed by atoms with van der Waals surface area (Å²) in [6.45, 7) is -0.258. The Morgan fingerprint density at radius 2 is 1.81 bits per heavy atom. The van der Waals surface area contributed by atoms with Gasteiger partial charge in [0.25, 0.3) is 0 Å². The van der Waals surface area contributed by atoms with Crippen molar-refractivity contribution < 1.29 is 27.8 Å². The molecule has 0 amide bonds. The number of rotatable bonds is 10. The van der Waals surface area contributed by atoms with Crippen molar-refractivity contribution in [1.82, 2.24) is 4.98 Å². The average Bonchev–Trinajstić information content (AvgIpc) is 3.28. The zero-order chi connectivity index (χ0) is 26.7. The second-order valence-corrected chi connectivity index (χ2v) is 11.1. The number of methoxy groups -OCH3 is 1. The van der Waals surface area contributed by atoms with Crippen molar-refractivity contribution in [3.63, 3.8) is 0 Å². The van der Waals surface area contributed by atoms with Gasteiger partial charge in [-0.1, -0.05) is 35.3 Å². The van der Waals surface area contributed by atoms with Crippen molar-refractivity contribution >= 4 is 55.4 Å². The first-order valence-corrected chi connectivity index (χ1v) is 13.7. The van der Waals surface area contributed by atoms with Gasteiger partial charge in [0.15, 0.2) is 15.6 Å². The maximum atomic E-state index is 14.1. The molecular weight excluding hydrogens is 539 g/mol. The van der Waals surface area contributed by atoms with Gasteiger partial charge in [0.2, 0.25) is 0 Å². The normalized spacial score (nSPS) is 12.4. The van der Waals surface area contributed by atoms with Crippen LogP contribution in [0.15, 0.2) is 65.7 Å². The van der Waals surface area contributed by atoms with Crippen LogP contribution in [0.3, 0.4) is 0 Å². The second-order valence-electron chi connectivity index (χ2n) is 8.26. The van der Waals surface area contributed by atoms with E-state index in [4.69, 9.17) is 32.7 Å². The molecule has 4 rings (SSSR count). The van der Waals surface area contributed by atoms with Crippen molar-refractivity contribution in [1.29, 1.82) is 0 Å². The number of carbonyl (C=O) groups is 1. The lowest BCUT2D eigenvalue weighted by Gasteiger charge is -2.23. The van der Waals surface area contributed by atoms with Gasteiger partial charge in [0.05, 0.1) is 18.6 Å². The minimum atomic E-state index is -3.57. The van der Waals surface area contributed by atoms with E-state index >= 15 is 0 Å². The molecule has 4 aromatic rings. The predicted molar refractivity (Wildman–Crippen MR) is 144 cm³/mol. The summed E-state index contributed by atoms with van der Waals surface area (Å²) in [5.74, 6) is 0.265. The van der Waals surface area contributed by atoms with Crippen LogP contribution in [0.1, 0.15) is 22.0 Å². The van der Waals surface area contributed by atoms with Gasteiger partial charge in [-0.15, -0.1) is 0 Å². The summed E-state index contributed by atoms with van der Waals surface area (Å²) in [6.07, 6.45) is 2.68. The molecule has 194 valence electrons. The van der Waals surface area contributed by atoms with Crippen molar-refractivity contribution in [2.24, 2.45) is 0 Å². The summed E-state index contributed by atoms with van der Waals surface area (Å²) in [5.41, 5.74) is 1.85. The zero-order valence-corrected chi connectivity index (χ0v) is 22.2. The average molecular weight is 563 g/mol. The monoisotopic (exact) mass is 562 g/mol. The Balaban J connectivity index is 1.87. The fourth-order valence-electron chi connectivity index (χ4n) is 3.92. The summed E-state index contributed by atoms with van der Waals surface area (Å²) < 4.78 is 35.6. The van der Waals surface area contributed by atoms with E-state index in [2.05, 4.69) is 10.3 Å². The standard InChI is InChI=1S/C26H24Cl2N2O6S/c1-35-18-11-17(12-19(13-18)37(2,33)34)30-25(21-6-4-16(28)10-24(21)36-8-7-31)26(32)22-14-29-23-9-15(27)3-5-20(22)23/h3-6,9-14,25,29-31H,7-8H2,1-2H3. The fraction of sp³-hybridized carbons (Fsp3) is 0.192. The number of hydrogen-bond acceptors (Lipinski definition) is 7. The number of hydrogen-bond donors (Lipinski definition) is 3. The number of sulfone groups is 1. The quantitative estimate of drug-likeness (QED) is 0.224. The minimum absolute atomic E-state index is 0.0166. The molecule has 1 heterocycles. The molecule has 8 nitrogen and oxygen atoms in total. The van der Waals surface area contributed by atoms with E-state index in [0.717, 1.165) is 6.26 Å². The first-order valence-electron chi connectivity index (χ1n) is 11.1. The molecule has 11 heteroatoms. The number of aliphatic hydroxyl groups excluding tert-OH is 1. The molecule has 0 bridgehead atoms. The zero-order valence-electron chi connectivity index (χ0n) is 19.9. The molecule has 0 saturated carbocycles. The highest BCUT2D eigenvalue weighted by molar-refractivity contribution is 7.90. The van der Waals surface area contributed by atoms with Crippen LogP contribution in [0.25, 0.3) is 10.9 Å². The van der Waals surface area contributed by atoms with Crippen LogP contribution in [-0.4, -0.2) is 50.9 Å². The third kappa shape index (κ3) is 6.02. The number of carbonyl (C=O) groups excluding carboxylic acids is 1. The van der Waals surface area contributed by atoms with Crippen LogP contribution >= 0.6 is 23.2 Å². The molecule has 0 radical (unpaired) electrons. The topological polar surface area (TPSA) is 118 Å². The van der Waals surface area contributed by atoms with Crippen LogP contribution < -0.4 is 14.8 Å². The molecule has 3 N–H and O–H groups in total. The van der Waals surface area contributed by atoms with E-state index in [9.17, 15) is 18.3 Å². The molecular formula is C26H24Cl2N2O6S. The number of aromatic amines is 1. The molecule has 0 aliphatic rings. The van der Waals surface area contributed by atoms with E-state index in [0.29, 0.717) is 49.3 Å². The number of aromatic nitrogens is 1. The number of ketones is 1. The van der Waals surface area contributed by atoms with Gasteiger partial charge in [-0.3, -0.25) is 4.79 Å². The third-order valence-electron chi connectivity index (χ3n) is 5.66. The lowest BCUT2D eigenvalue weighted by Crippen LogP contribution is -2.22. The molecule has 0 saturated heterocycles. The number of aliphatic hydroxyl groups is 1. The number of benzene rings is 3. The number of Topliss-reactive ketones (excluding diaryl/α,β-unsaturated/α-hetero) is 1. The number of halogens is 2. The van der Waals surface area contributed by atoms with Crippen LogP contribution in [0.5, 0.6) is 11.5 Å². The van der Waals surface area contributed by atoms with Crippen molar-refractivity contribution in [2.45, 2.75) is 10.9 Å². The molecule has 0 fully saturated rings. The third-order valence-corrected chi connectivity index (χ3v) is 7.22. The maximum Gasteiger partial charge on any atom is 0.191 e. The Labute approximate surface area is 224 Å². The van der Waals surface area contributed by atoms with Gasteiger partial charge in [-0.25, -0.2) is 8.42 Å². The minimum Gasteiger partial charge on any atom is -0.497 e. The lowest BCUT2D eigenvalue weighted by atomic mass is 9.95. The second kappa shape index (κ2) is 11.0. The molecule has 3 aromatic carbocycles. The lowest BCUT2D eigenvalue weighted by molar-refractivity contribution is 0.0969. The first kappa shape index (κ1) is 26.8. The van der Waals surface area contributed by atoms with Crippen LogP contribution in [0.4, 0.5) is 5.69 Å². The number of ether oxygens (including phenoxy) is 2. The van der Waals surface area contributed by atoms with Gasteiger partial charge in [-0.05, 0) is 36.4 Å². The van der Waals surface area contributed by atoms with Crippen LogP contribution in [-0.2, 0) is 9.84 Å². The van der Waals surface area contributed by atoms with Gasteiger partial charge < -0.3 is 24.9 Å². The van der Waals surface area contributed by atoms with Gasteiger partial charge in [-0.2, -0.15) is 0 Å². The summed E-state index contributed by atoms with van der Waals surface area (Å²) in [4.78, 5) is 17.1. The van der Waals surface area contributed by atoms with Crippen LogP contribution in [0, 0.1) is 0 Å². The number of fused-ring (bicyclic) bond motifs is 1. The molecule has 37 heavy (non-hydrogen) atoms. The van der Waals surface area contributed by atoms with E-state index < -0.39 is 15.9 Å².